The van der Waals surface area contributed by atoms with Gasteiger partial charge < -0.3 is 14.6 Å². The Kier molecular flexibility index (Phi) is 4.33. The molecule has 1 aliphatic carbocycles. The van der Waals surface area contributed by atoms with Crippen LogP contribution in [0.25, 0.3) is 0 Å². The molecular weight excluding hydrogens is 347 g/mol. The number of aryl methyl sites for hydroxylation is 1. The molecule has 0 unspecified atom stereocenters. The van der Waals surface area contributed by atoms with Gasteiger partial charge in [0.2, 0.25) is 0 Å². The number of hydrogen-bond acceptors (Lipinski definition) is 3. The summed E-state index contributed by atoms with van der Waals surface area (Å²) < 4.78 is 25.9. The normalized spacial score (nSPS) is 19.3. The maximum absolute atomic E-state index is 14.0. The molecule has 0 saturated carbocycles. The van der Waals surface area contributed by atoms with Crippen LogP contribution in [0.1, 0.15) is 54.9 Å². The fourth-order valence-electron chi connectivity index (χ4n) is 4.21. The molecule has 27 heavy (non-hydrogen) atoms. The molecule has 0 fully saturated rings. The molecule has 142 valence electrons. The maximum atomic E-state index is 14.0. The predicted molar refractivity (Wildman–Crippen MR) is 98.9 cm³/mol. The Balaban J connectivity index is 1.50. The molecule has 1 aliphatic heterocycles. The molecule has 1 N–H and O–H groups in total. The molecule has 1 atom stereocenters. The molecule has 1 heterocycles. The molecule has 0 aromatic heterocycles. The first-order chi connectivity index (χ1) is 12.8. The van der Waals surface area contributed by atoms with Crippen molar-refractivity contribution in [3.63, 3.8) is 0 Å². The first-order valence-electron chi connectivity index (χ1n) is 9.28. The van der Waals surface area contributed by atoms with Gasteiger partial charge in [0.05, 0.1) is 6.42 Å². The van der Waals surface area contributed by atoms with Crippen LogP contribution in [-0.4, -0.2) is 16.7 Å². The number of halogens is 1. The number of fused-ring (bicyclic) bond motifs is 2. The van der Waals surface area contributed by atoms with Crippen LogP contribution in [0, 0.1) is 5.82 Å². The summed E-state index contributed by atoms with van der Waals surface area (Å²) in [4.78, 5) is 11.0. The van der Waals surface area contributed by atoms with Crippen molar-refractivity contribution in [3.05, 3.63) is 58.4 Å². The van der Waals surface area contributed by atoms with Crippen molar-refractivity contribution in [2.75, 3.05) is 0 Å². The highest BCUT2D eigenvalue weighted by molar-refractivity contribution is 5.68. The van der Waals surface area contributed by atoms with Crippen LogP contribution in [0.4, 0.5) is 4.39 Å². The number of ether oxygens (including phenoxy) is 2. The van der Waals surface area contributed by atoms with Crippen molar-refractivity contribution in [2.24, 2.45) is 0 Å². The van der Waals surface area contributed by atoms with Gasteiger partial charge >= 0.3 is 5.97 Å². The standard InChI is InChI=1S/C22H23FO4/c1-22(2)11-15-7-17(23)8-16(21(15)27-22)12-26-18-5-6-19-13(9-18)3-4-14(19)10-20(24)25/h5-9,14H,3-4,10-12H2,1-2H3,(H,24,25)/t14-/m0/s1. The largest absolute Gasteiger partial charge is 0.489 e. The van der Waals surface area contributed by atoms with E-state index >= 15 is 0 Å². The zero-order valence-electron chi connectivity index (χ0n) is 15.5. The van der Waals surface area contributed by atoms with Gasteiger partial charge in [0, 0.05) is 17.5 Å². The highest BCUT2D eigenvalue weighted by atomic mass is 19.1. The summed E-state index contributed by atoms with van der Waals surface area (Å²) in [5, 5.41) is 9.03. The second-order valence-corrected chi connectivity index (χ2v) is 8.07. The van der Waals surface area contributed by atoms with E-state index in [2.05, 4.69) is 0 Å². The van der Waals surface area contributed by atoms with E-state index < -0.39 is 5.97 Å². The first-order valence-corrected chi connectivity index (χ1v) is 9.28. The lowest BCUT2D eigenvalue weighted by Gasteiger charge is -2.18. The van der Waals surface area contributed by atoms with Gasteiger partial charge in [-0.05, 0) is 68.0 Å². The number of rotatable bonds is 5. The number of benzene rings is 2. The molecule has 4 rings (SSSR count). The van der Waals surface area contributed by atoms with Crippen LogP contribution in [-0.2, 0) is 24.2 Å². The van der Waals surface area contributed by atoms with E-state index in [1.165, 1.54) is 12.1 Å². The van der Waals surface area contributed by atoms with Crippen molar-refractivity contribution < 1.29 is 23.8 Å². The van der Waals surface area contributed by atoms with Crippen molar-refractivity contribution in [3.8, 4) is 11.5 Å². The van der Waals surface area contributed by atoms with E-state index in [4.69, 9.17) is 14.6 Å². The van der Waals surface area contributed by atoms with Crippen molar-refractivity contribution in [1.82, 2.24) is 0 Å². The van der Waals surface area contributed by atoms with E-state index in [1.54, 1.807) is 0 Å². The second-order valence-electron chi connectivity index (χ2n) is 8.07. The molecule has 0 spiro atoms. The molecule has 4 nitrogen and oxygen atoms in total. The van der Waals surface area contributed by atoms with Gasteiger partial charge in [-0.15, -0.1) is 0 Å². The van der Waals surface area contributed by atoms with Gasteiger partial charge in [0.25, 0.3) is 0 Å². The highest BCUT2D eigenvalue weighted by Crippen LogP contribution is 2.40. The number of carboxylic acid groups (broad SMARTS) is 1. The average Bonchev–Trinajstić information content (AvgIpc) is 3.11. The average molecular weight is 370 g/mol. The Morgan fingerprint density at radius 2 is 2.11 bits per heavy atom. The third-order valence-corrected chi connectivity index (χ3v) is 5.33. The third kappa shape index (κ3) is 3.64. The molecule has 2 aliphatic rings. The fourth-order valence-corrected chi connectivity index (χ4v) is 4.21. The molecule has 0 radical (unpaired) electrons. The summed E-state index contributed by atoms with van der Waals surface area (Å²) in [6, 6.07) is 8.80. The smallest absolute Gasteiger partial charge is 0.303 e. The van der Waals surface area contributed by atoms with Crippen molar-refractivity contribution >= 4 is 5.97 Å². The van der Waals surface area contributed by atoms with E-state index in [9.17, 15) is 9.18 Å². The van der Waals surface area contributed by atoms with E-state index in [1.807, 2.05) is 32.0 Å². The van der Waals surface area contributed by atoms with Gasteiger partial charge in [-0.25, -0.2) is 4.39 Å². The molecule has 0 bridgehead atoms. The number of aliphatic carboxylic acids is 1. The fraction of sp³-hybridized carbons (Fsp3) is 0.409. The summed E-state index contributed by atoms with van der Waals surface area (Å²) in [7, 11) is 0. The zero-order chi connectivity index (χ0) is 19.2. The SMILES string of the molecule is CC1(C)Cc2cc(F)cc(COc3ccc4c(c3)CC[C@H]4CC(=O)O)c2O1. The van der Waals surface area contributed by atoms with E-state index in [0.29, 0.717) is 17.7 Å². The zero-order valence-corrected chi connectivity index (χ0v) is 15.5. The number of hydrogen-bond donors (Lipinski definition) is 1. The van der Waals surface area contributed by atoms with Gasteiger partial charge in [0.15, 0.2) is 0 Å². The molecule has 2 aromatic rings. The quantitative estimate of drug-likeness (QED) is 0.834. The Hall–Kier alpha value is -2.56. The van der Waals surface area contributed by atoms with Crippen LogP contribution in [0.3, 0.4) is 0 Å². The van der Waals surface area contributed by atoms with Crippen LogP contribution in [0.5, 0.6) is 11.5 Å². The Morgan fingerprint density at radius 1 is 1.30 bits per heavy atom. The van der Waals surface area contributed by atoms with Crippen molar-refractivity contribution in [1.29, 1.82) is 0 Å². The highest BCUT2D eigenvalue weighted by Gasteiger charge is 2.32. The minimum absolute atomic E-state index is 0.0775. The lowest BCUT2D eigenvalue weighted by atomic mass is 9.98. The Morgan fingerprint density at radius 3 is 2.89 bits per heavy atom. The molecule has 0 saturated heterocycles. The molecule has 5 heteroatoms. The molecule has 0 amide bonds. The molecule has 2 aromatic carbocycles. The van der Waals surface area contributed by atoms with Crippen LogP contribution in [0.15, 0.2) is 30.3 Å². The number of carboxylic acids is 1. The predicted octanol–water partition coefficient (Wildman–Crippen LogP) is 4.62. The van der Waals surface area contributed by atoms with Crippen LogP contribution >= 0.6 is 0 Å². The van der Waals surface area contributed by atoms with Crippen LogP contribution < -0.4 is 9.47 Å². The van der Waals surface area contributed by atoms with Gasteiger partial charge in [0.1, 0.15) is 29.5 Å². The summed E-state index contributed by atoms with van der Waals surface area (Å²) >= 11 is 0. The minimum atomic E-state index is -0.768. The summed E-state index contributed by atoms with van der Waals surface area (Å²) in [6.07, 6.45) is 2.55. The second kappa shape index (κ2) is 6.55. The van der Waals surface area contributed by atoms with E-state index in [-0.39, 0.29) is 30.4 Å². The Labute approximate surface area is 157 Å². The lowest BCUT2D eigenvalue weighted by Crippen LogP contribution is -2.25. The van der Waals surface area contributed by atoms with Gasteiger partial charge in [-0.1, -0.05) is 6.07 Å². The van der Waals surface area contributed by atoms with Gasteiger partial charge in [-0.2, -0.15) is 0 Å². The van der Waals surface area contributed by atoms with Crippen molar-refractivity contribution in [2.45, 2.75) is 57.7 Å². The van der Waals surface area contributed by atoms with E-state index in [0.717, 1.165) is 35.3 Å². The van der Waals surface area contributed by atoms with Gasteiger partial charge in [-0.3, -0.25) is 4.79 Å². The summed E-state index contributed by atoms with van der Waals surface area (Å²) in [5.74, 6) is 0.466. The molecular formula is C22H23FO4. The first kappa shape index (κ1) is 17.8. The lowest BCUT2D eigenvalue weighted by molar-refractivity contribution is -0.137. The number of carbonyl (C=O) groups is 1. The summed E-state index contributed by atoms with van der Waals surface area (Å²) in [5.41, 5.74) is 3.49. The monoisotopic (exact) mass is 370 g/mol. The Bertz CT molecular complexity index is 903. The topological polar surface area (TPSA) is 55.8 Å². The summed E-state index contributed by atoms with van der Waals surface area (Å²) in [6.45, 7) is 4.21. The van der Waals surface area contributed by atoms with Crippen LogP contribution in [0.2, 0.25) is 0 Å². The minimum Gasteiger partial charge on any atom is -0.489 e. The maximum Gasteiger partial charge on any atom is 0.303 e. The third-order valence-electron chi connectivity index (χ3n) is 5.33.